The molecule has 0 amide bonds. The molecule has 2 rings (SSSR count). The molecule has 1 N–H and O–H groups in total. The van der Waals surface area contributed by atoms with Gasteiger partial charge in [-0.05, 0) is 50.3 Å². The van der Waals surface area contributed by atoms with Crippen LogP contribution >= 0.6 is 0 Å². The Morgan fingerprint density at radius 3 is 2.57 bits per heavy atom. The Labute approximate surface area is 130 Å². The highest BCUT2D eigenvalue weighted by atomic mass is 16.5. The molecule has 0 aromatic heterocycles. The Bertz CT molecular complexity index is 449. The fraction of sp³-hybridized carbons (Fsp3) is 0.684. The fourth-order valence-corrected chi connectivity index (χ4v) is 3.67. The van der Waals surface area contributed by atoms with Crippen molar-refractivity contribution in [1.29, 1.82) is 0 Å². The number of benzene rings is 1. The van der Waals surface area contributed by atoms with Crippen molar-refractivity contribution >= 4 is 0 Å². The summed E-state index contributed by atoms with van der Waals surface area (Å²) in [5.41, 5.74) is 3.92. The van der Waals surface area contributed by atoms with Crippen LogP contribution in [0.4, 0.5) is 0 Å². The lowest BCUT2D eigenvalue weighted by Crippen LogP contribution is -2.22. The van der Waals surface area contributed by atoms with Crippen molar-refractivity contribution in [3.8, 4) is 5.75 Å². The largest absolute Gasteiger partial charge is 0.496 e. The second-order valence-corrected chi connectivity index (χ2v) is 6.47. The Hall–Kier alpha value is -1.02. The summed E-state index contributed by atoms with van der Waals surface area (Å²) in [7, 11) is 1.80. The number of nitrogens with one attached hydrogen (secondary N) is 1. The Kier molecular flexibility index (Phi) is 6.10. The molecule has 1 atom stereocenters. The minimum atomic E-state index is 0.421. The van der Waals surface area contributed by atoms with Gasteiger partial charge in [-0.15, -0.1) is 0 Å². The zero-order chi connectivity index (χ0) is 15.2. The van der Waals surface area contributed by atoms with Crippen molar-refractivity contribution in [3.63, 3.8) is 0 Å². The van der Waals surface area contributed by atoms with E-state index in [0.717, 1.165) is 18.2 Å². The van der Waals surface area contributed by atoms with Gasteiger partial charge in [-0.1, -0.05) is 44.7 Å². The minimum Gasteiger partial charge on any atom is -0.496 e. The number of ether oxygens (including phenoxy) is 1. The van der Waals surface area contributed by atoms with Gasteiger partial charge in [0.2, 0.25) is 0 Å². The molecule has 118 valence electrons. The molecule has 0 bridgehead atoms. The summed E-state index contributed by atoms with van der Waals surface area (Å²) in [4.78, 5) is 0. The van der Waals surface area contributed by atoms with E-state index in [4.69, 9.17) is 4.74 Å². The van der Waals surface area contributed by atoms with Crippen LogP contribution in [0.2, 0.25) is 0 Å². The second-order valence-electron chi connectivity index (χ2n) is 6.47. The number of aryl methyl sites for hydroxylation is 1. The third kappa shape index (κ3) is 4.00. The summed E-state index contributed by atoms with van der Waals surface area (Å²) < 4.78 is 5.72. The van der Waals surface area contributed by atoms with Crippen LogP contribution in [-0.2, 0) is 0 Å². The van der Waals surface area contributed by atoms with E-state index >= 15 is 0 Å². The summed E-state index contributed by atoms with van der Waals surface area (Å²) in [5.74, 6) is 2.02. The summed E-state index contributed by atoms with van der Waals surface area (Å²) in [6.07, 6.45) is 8.30. The van der Waals surface area contributed by atoms with Crippen molar-refractivity contribution in [2.75, 3.05) is 13.7 Å². The van der Waals surface area contributed by atoms with Gasteiger partial charge in [0.05, 0.1) is 7.11 Å². The van der Waals surface area contributed by atoms with Crippen molar-refractivity contribution in [1.82, 2.24) is 5.32 Å². The average Bonchev–Trinajstić information content (AvgIpc) is 2.99. The highest BCUT2D eigenvalue weighted by molar-refractivity contribution is 5.46. The molecule has 1 saturated carbocycles. The molecule has 2 nitrogen and oxygen atoms in total. The second kappa shape index (κ2) is 7.84. The van der Waals surface area contributed by atoms with Crippen molar-refractivity contribution in [2.24, 2.45) is 5.92 Å². The molecule has 2 heteroatoms. The predicted molar refractivity (Wildman–Crippen MR) is 90.1 cm³/mol. The molecular weight excluding hydrogens is 258 g/mol. The molecule has 1 aromatic carbocycles. The Balaban J connectivity index is 2.14. The van der Waals surface area contributed by atoms with Crippen LogP contribution in [0.15, 0.2) is 12.1 Å². The third-order valence-electron chi connectivity index (χ3n) is 5.08. The van der Waals surface area contributed by atoms with E-state index in [1.807, 2.05) is 0 Å². The van der Waals surface area contributed by atoms with Gasteiger partial charge < -0.3 is 10.1 Å². The molecule has 0 aliphatic heterocycles. The van der Waals surface area contributed by atoms with Crippen LogP contribution in [0, 0.1) is 19.8 Å². The summed E-state index contributed by atoms with van der Waals surface area (Å²) >= 11 is 0. The molecule has 1 fully saturated rings. The van der Waals surface area contributed by atoms with E-state index in [0.29, 0.717) is 6.04 Å². The van der Waals surface area contributed by atoms with Crippen LogP contribution < -0.4 is 10.1 Å². The number of hydrogen-bond acceptors (Lipinski definition) is 2. The van der Waals surface area contributed by atoms with Crippen LogP contribution in [0.3, 0.4) is 0 Å². The zero-order valence-electron chi connectivity index (χ0n) is 14.2. The number of rotatable bonds is 7. The first-order chi connectivity index (χ1) is 10.2. The summed E-state index contributed by atoms with van der Waals surface area (Å²) in [6, 6.07) is 4.90. The number of hydrogen-bond donors (Lipinski definition) is 1. The lowest BCUT2D eigenvalue weighted by Gasteiger charge is -2.24. The molecule has 0 heterocycles. The van der Waals surface area contributed by atoms with Gasteiger partial charge in [0.1, 0.15) is 5.75 Å². The molecule has 0 saturated heterocycles. The standard InChI is InChI=1S/C19H31NO/c1-5-20-18(13-11-16-8-6-7-9-16)17-12-10-14(2)15(3)19(17)21-4/h10,12,16,18,20H,5-9,11,13H2,1-4H3. The van der Waals surface area contributed by atoms with Crippen molar-refractivity contribution in [3.05, 3.63) is 28.8 Å². The van der Waals surface area contributed by atoms with E-state index in [-0.39, 0.29) is 0 Å². The SMILES string of the molecule is CCNC(CCC1CCCC1)c1ccc(C)c(C)c1OC. The maximum Gasteiger partial charge on any atom is 0.126 e. The molecule has 1 aromatic rings. The summed E-state index contributed by atoms with van der Waals surface area (Å²) in [6.45, 7) is 7.52. The van der Waals surface area contributed by atoms with Crippen molar-refractivity contribution < 1.29 is 4.74 Å². The Morgan fingerprint density at radius 2 is 1.95 bits per heavy atom. The monoisotopic (exact) mass is 289 g/mol. The lowest BCUT2D eigenvalue weighted by molar-refractivity contribution is 0.378. The van der Waals surface area contributed by atoms with Gasteiger partial charge in [-0.2, -0.15) is 0 Å². The first-order valence-corrected chi connectivity index (χ1v) is 8.54. The van der Waals surface area contributed by atoms with Gasteiger partial charge in [-0.25, -0.2) is 0 Å². The number of methoxy groups -OCH3 is 1. The first kappa shape index (κ1) is 16.4. The lowest BCUT2D eigenvalue weighted by atomic mass is 9.92. The molecule has 1 aliphatic carbocycles. The minimum absolute atomic E-state index is 0.421. The zero-order valence-corrected chi connectivity index (χ0v) is 14.2. The first-order valence-electron chi connectivity index (χ1n) is 8.54. The smallest absolute Gasteiger partial charge is 0.126 e. The normalized spacial score (nSPS) is 17.1. The quantitative estimate of drug-likeness (QED) is 0.768. The molecule has 1 aliphatic rings. The molecular formula is C19H31NO. The van der Waals surface area contributed by atoms with E-state index in [2.05, 4.69) is 38.2 Å². The molecule has 21 heavy (non-hydrogen) atoms. The van der Waals surface area contributed by atoms with Gasteiger partial charge in [-0.3, -0.25) is 0 Å². The average molecular weight is 289 g/mol. The summed E-state index contributed by atoms with van der Waals surface area (Å²) in [5, 5.41) is 3.66. The van der Waals surface area contributed by atoms with Gasteiger partial charge in [0.15, 0.2) is 0 Å². The van der Waals surface area contributed by atoms with E-state index in [1.165, 1.54) is 55.2 Å². The highest BCUT2D eigenvalue weighted by Crippen LogP contribution is 2.36. The van der Waals surface area contributed by atoms with Gasteiger partial charge >= 0.3 is 0 Å². The highest BCUT2D eigenvalue weighted by Gasteiger charge is 2.21. The molecule has 0 radical (unpaired) electrons. The maximum absolute atomic E-state index is 5.72. The van der Waals surface area contributed by atoms with E-state index in [9.17, 15) is 0 Å². The van der Waals surface area contributed by atoms with E-state index < -0.39 is 0 Å². The predicted octanol–water partition coefficient (Wildman–Crippen LogP) is 4.93. The third-order valence-corrected chi connectivity index (χ3v) is 5.08. The van der Waals surface area contributed by atoms with Gasteiger partial charge in [0, 0.05) is 11.6 Å². The van der Waals surface area contributed by atoms with Crippen LogP contribution in [-0.4, -0.2) is 13.7 Å². The fourth-order valence-electron chi connectivity index (χ4n) is 3.67. The van der Waals surface area contributed by atoms with Crippen LogP contribution in [0.1, 0.15) is 68.2 Å². The molecule has 0 spiro atoms. The Morgan fingerprint density at radius 1 is 1.24 bits per heavy atom. The van der Waals surface area contributed by atoms with Gasteiger partial charge in [0.25, 0.3) is 0 Å². The van der Waals surface area contributed by atoms with E-state index in [1.54, 1.807) is 7.11 Å². The van der Waals surface area contributed by atoms with Crippen LogP contribution in [0.25, 0.3) is 0 Å². The maximum atomic E-state index is 5.72. The topological polar surface area (TPSA) is 21.3 Å². The molecule has 1 unspecified atom stereocenters. The van der Waals surface area contributed by atoms with Crippen LogP contribution in [0.5, 0.6) is 5.75 Å². The van der Waals surface area contributed by atoms with Crippen molar-refractivity contribution in [2.45, 2.75) is 65.3 Å².